The second kappa shape index (κ2) is 2.68. The summed E-state index contributed by atoms with van der Waals surface area (Å²) in [6.07, 6.45) is 3.66. The molecule has 0 aromatic carbocycles. The van der Waals surface area contributed by atoms with E-state index in [1.807, 2.05) is 0 Å². The van der Waals surface area contributed by atoms with Gasteiger partial charge < -0.3 is 4.74 Å². The zero-order valence-corrected chi connectivity index (χ0v) is 4.32. The van der Waals surface area contributed by atoms with Crippen LogP contribution in [0.3, 0.4) is 0 Å². The van der Waals surface area contributed by atoms with E-state index in [0.29, 0.717) is 0 Å². The van der Waals surface area contributed by atoms with Crippen LogP contribution in [0.2, 0.25) is 0 Å². The summed E-state index contributed by atoms with van der Waals surface area (Å²) >= 11 is 0. The molecule has 30 valence electrons. The Balaban J connectivity index is 0.000000250. The van der Waals surface area contributed by atoms with E-state index in [1.54, 1.807) is 7.11 Å². The van der Waals surface area contributed by atoms with E-state index in [9.17, 15) is 0 Å². The first-order valence-corrected chi connectivity index (χ1v) is 1.82. The third-order valence-corrected chi connectivity index (χ3v) is 0.743. The molecule has 1 saturated carbocycles. The van der Waals surface area contributed by atoms with Crippen molar-refractivity contribution < 1.29 is 23.6 Å². The van der Waals surface area contributed by atoms with E-state index in [-0.39, 0.29) is 18.9 Å². The number of hydrogen-bond acceptors (Lipinski definition) is 1. The van der Waals surface area contributed by atoms with Crippen LogP contribution in [0.5, 0.6) is 0 Å². The second-order valence-corrected chi connectivity index (χ2v) is 1.24. The topological polar surface area (TPSA) is 9.23 Å². The van der Waals surface area contributed by atoms with Crippen molar-refractivity contribution in [3.05, 3.63) is 6.10 Å². The first-order chi connectivity index (χ1) is 2.43. The van der Waals surface area contributed by atoms with Crippen LogP contribution in [-0.4, -0.2) is 7.11 Å². The number of methoxy groups -OCH3 is 1. The zero-order valence-electron chi connectivity index (χ0n) is 4.32. The minimum Gasteiger partial charge on any atom is -0.551 e. The van der Waals surface area contributed by atoms with Gasteiger partial charge in [0.1, 0.15) is 0 Å². The SMILES string of the molecule is CO[C-]1CC1.[Li+]. The van der Waals surface area contributed by atoms with Crippen molar-refractivity contribution in [2.45, 2.75) is 12.8 Å². The van der Waals surface area contributed by atoms with Gasteiger partial charge in [-0.3, -0.25) is 0 Å². The average Bonchev–Trinajstić information content (AvgIpc) is 2.12. The number of hydrogen-bond donors (Lipinski definition) is 0. The van der Waals surface area contributed by atoms with Crippen molar-refractivity contribution in [1.82, 2.24) is 0 Å². The zero-order chi connectivity index (χ0) is 3.70. The van der Waals surface area contributed by atoms with Gasteiger partial charge in [-0.2, -0.15) is 12.8 Å². The number of rotatable bonds is 1. The molecule has 6 heavy (non-hydrogen) atoms. The number of ether oxygens (including phenoxy) is 1. The van der Waals surface area contributed by atoms with Gasteiger partial charge in [0.2, 0.25) is 0 Å². The van der Waals surface area contributed by atoms with Crippen LogP contribution in [0.15, 0.2) is 0 Å². The third kappa shape index (κ3) is 1.87. The summed E-state index contributed by atoms with van der Waals surface area (Å²) in [5, 5.41) is 0. The largest absolute Gasteiger partial charge is 1.00 e. The van der Waals surface area contributed by atoms with E-state index in [1.165, 1.54) is 18.9 Å². The van der Waals surface area contributed by atoms with Crippen LogP contribution in [0.1, 0.15) is 12.8 Å². The van der Waals surface area contributed by atoms with E-state index >= 15 is 0 Å². The van der Waals surface area contributed by atoms with Gasteiger partial charge in [0, 0.05) is 0 Å². The molecule has 0 spiro atoms. The molecular formula is C4H7LiO. The van der Waals surface area contributed by atoms with Crippen LogP contribution < -0.4 is 18.9 Å². The Morgan fingerprint density at radius 1 is 1.50 bits per heavy atom. The average molecular weight is 78.0 g/mol. The fourth-order valence-corrected chi connectivity index (χ4v) is 0.255. The summed E-state index contributed by atoms with van der Waals surface area (Å²) in [6, 6.07) is 0. The maximum atomic E-state index is 4.78. The van der Waals surface area contributed by atoms with Gasteiger partial charge in [0.05, 0.1) is 0 Å². The molecule has 0 aromatic rings. The fourth-order valence-electron chi connectivity index (χ4n) is 0.255. The summed E-state index contributed by atoms with van der Waals surface area (Å²) < 4.78 is 4.78. The molecule has 0 N–H and O–H groups in total. The minimum absolute atomic E-state index is 0. The van der Waals surface area contributed by atoms with Crippen molar-refractivity contribution in [3.8, 4) is 0 Å². The molecule has 0 unspecified atom stereocenters. The minimum atomic E-state index is 0. The molecule has 0 bridgehead atoms. The Morgan fingerprint density at radius 3 is 2.00 bits per heavy atom. The van der Waals surface area contributed by atoms with E-state index in [2.05, 4.69) is 0 Å². The molecule has 0 atom stereocenters. The predicted octanol–water partition coefficient (Wildman–Crippen LogP) is -2.04. The van der Waals surface area contributed by atoms with Crippen LogP contribution in [0, 0.1) is 6.10 Å². The van der Waals surface area contributed by atoms with Crippen LogP contribution in [0.25, 0.3) is 0 Å². The molecule has 0 saturated heterocycles. The van der Waals surface area contributed by atoms with Gasteiger partial charge in [-0.1, -0.05) is 0 Å². The Kier molecular flexibility index (Phi) is 2.93. The predicted molar refractivity (Wildman–Crippen MR) is 19.5 cm³/mol. The van der Waals surface area contributed by atoms with Gasteiger partial charge in [0.15, 0.2) is 0 Å². The summed E-state index contributed by atoms with van der Waals surface area (Å²) in [4.78, 5) is 0. The first kappa shape index (κ1) is 6.56. The molecule has 0 aliphatic heterocycles. The molecule has 0 heterocycles. The van der Waals surface area contributed by atoms with E-state index in [4.69, 9.17) is 4.74 Å². The van der Waals surface area contributed by atoms with E-state index in [0.717, 1.165) is 0 Å². The van der Waals surface area contributed by atoms with Gasteiger partial charge in [-0.25, -0.2) is 6.10 Å². The van der Waals surface area contributed by atoms with Crippen molar-refractivity contribution in [2.24, 2.45) is 0 Å². The van der Waals surface area contributed by atoms with Gasteiger partial charge in [0.25, 0.3) is 0 Å². The molecule has 0 radical (unpaired) electrons. The van der Waals surface area contributed by atoms with Crippen LogP contribution >= 0.6 is 0 Å². The maximum absolute atomic E-state index is 4.78. The monoisotopic (exact) mass is 78.1 g/mol. The smallest absolute Gasteiger partial charge is 0.551 e. The Bertz CT molecular complexity index is 34.5. The molecule has 0 amide bonds. The van der Waals surface area contributed by atoms with Crippen molar-refractivity contribution in [1.29, 1.82) is 0 Å². The molecule has 1 nitrogen and oxygen atoms in total. The first-order valence-electron chi connectivity index (χ1n) is 1.82. The molecule has 1 aliphatic rings. The van der Waals surface area contributed by atoms with Crippen LogP contribution in [0.4, 0.5) is 0 Å². The maximum Gasteiger partial charge on any atom is 1.00 e. The molecule has 2 heteroatoms. The van der Waals surface area contributed by atoms with Gasteiger partial charge in [-0.15, -0.1) is 0 Å². The van der Waals surface area contributed by atoms with Crippen molar-refractivity contribution in [3.63, 3.8) is 0 Å². The summed E-state index contributed by atoms with van der Waals surface area (Å²) in [5.41, 5.74) is 0. The fraction of sp³-hybridized carbons (Fsp3) is 0.750. The molecule has 1 fully saturated rings. The quantitative estimate of drug-likeness (QED) is 0.259. The normalized spacial score (nSPS) is 19.5. The molecule has 0 aromatic heterocycles. The van der Waals surface area contributed by atoms with E-state index < -0.39 is 0 Å². The van der Waals surface area contributed by atoms with Gasteiger partial charge >= 0.3 is 18.9 Å². The molecule has 1 aliphatic carbocycles. The van der Waals surface area contributed by atoms with Crippen LogP contribution in [-0.2, 0) is 4.74 Å². The summed E-state index contributed by atoms with van der Waals surface area (Å²) in [7, 11) is 1.72. The molecular weight excluding hydrogens is 71.0 g/mol. The summed E-state index contributed by atoms with van der Waals surface area (Å²) in [5.74, 6) is 0. The Hall–Kier alpha value is 0.557. The second-order valence-electron chi connectivity index (χ2n) is 1.24. The standard InChI is InChI=1S/C4H7O.Li/c1-5-4-2-3-4;/h2-3H2,1H3;/q-1;+1. The third-order valence-electron chi connectivity index (χ3n) is 0.743. The van der Waals surface area contributed by atoms with Gasteiger partial charge in [-0.05, 0) is 7.11 Å². The Morgan fingerprint density at radius 2 is 2.00 bits per heavy atom. The van der Waals surface area contributed by atoms with Crippen molar-refractivity contribution in [2.75, 3.05) is 7.11 Å². The van der Waals surface area contributed by atoms with Crippen molar-refractivity contribution >= 4 is 0 Å². The molecule has 1 rings (SSSR count). The Labute approximate surface area is 50.2 Å². The summed E-state index contributed by atoms with van der Waals surface area (Å²) in [6.45, 7) is 0.